The van der Waals surface area contributed by atoms with Crippen LogP contribution in [0.1, 0.15) is 37.5 Å². The number of aromatic amines is 1. The highest BCUT2D eigenvalue weighted by Crippen LogP contribution is 2.30. The Bertz CT molecular complexity index is 562. The first kappa shape index (κ1) is 13.8. The van der Waals surface area contributed by atoms with Crippen molar-refractivity contribution in [1.29, 1.82) is 0 Å². The maximum absolute atomic E-state index is 5.66. The van der Waals surface area contributed by atoms with Crippen molar-refractivity contribution in [3.8, 4) is 11.3 Å². The third-order valence-electron chi connectivity index (χ3n) is 3.50. The van der Waals surface area contributed by atoms with E-state index in [4.69, 9.17) is 5.73 Å². The van der Waals surface area contributed by atoms with Crippen LogP contribution in [0.25, 0.3) is 11.3 Å². The molecule has 0 radical (unpaired) electrons. The van der Waals surface area contributed by atoms with Crippen molar-refractivity contribution >= 4 is 0 Å². The molecule has 0 saturated heterocycles. The summed E-state index contributed by atoms with van der Waals surface area (Å²) in [6, 6.07) is 6.66. The number of hydrogen-bond acceptors (Lipinski definition) is 2. The topological polar surface area (TPSA) is 54.7 Å². The van der Waals surface area contributed by atoms with Crippen molar-refractivity contribution in [3.63, 3.8) is 0 Å². The van der Waals surface area contributed by atoms with E-state index < -0.39 is 0 Å². The summed E-state index contributed by atoms with van der Waals surface area (Å²) >= 11 is 0. The number of nitrogens with two attached hydrogens (primary N) is 1. The summed E-state index contributed by atoms with van der Waals surface area (Å²) in [5.74, 6) is 0. The van der Waals surface area contributed by atoms with Gasteiger partial charge in [0.1, 0.15) is 0 Å². The maximum atomic E-state index is 5.66. The quantitative estimate of drug-likeness (QED) is 0.887. The lowest BCUT2D eigenvalue weighted by atomic mass is 9.84. The van der Waals surface area contributed by atoms with Crippen LogP contribution in [0.3, 0.4) is 0 Å². The van der Waals surface area contributed by atoms with Crippen LogP contribution >= 0.6 is 0 Å². The van der Waals surface area contributed by atoms with Crippen LogP contribution in [-0.2, 0) is 11.8 Å². The lowest BCUT2D eigenvalue weighted by Gasteiger charge is -2.20. The molecule has 1 aromatic carbocycles. The first-order valence-electron chi connectivity index (χ1n) is 6.77. The normalized spacial score (nSPS) is 11.8. The van der Waals surface area contributed by atoms with Gasteiger partial charge >= 0.3 is 0 Å². The zero-order valence-electron chi connectivity index (χ0n) is 12.2. The van der Waals surface area contributed by atoms with E-state index in [1.54, 1.807) is 0 Å². The summed E-state index contributed by atoms with van der Waals surface area (Å²) < 4.78 is 0. The first-order valence-corrected chi connectivity index (χ1v) is 6.77. The molecular weight excluding hydrogens is 234 g/mol. The van der Waals surface area contributed by atoms with Gasteiger partial charge in [-0.15, -0.1) is 0 Å². The third-order valence-corrected chi connectivity index (χ3v) is 3.50. The highest BCUT2D eigenvalue weighted by atomic mass is 15.1. The summed E-state index contributed by atoms with van der Waals surface area (Å²) in [4.78, 5) is 0. The van der Waals surface area contributed by atoms with E-state index >= 15 is 0 Å². The van der Waals surface area contributed by atoms with Gasteiger partial charge in [0.15, 0.2) is 0 Å². The molecule has 2 aromatic rings. The summed E-state index contributed by atoms with van der Waals surface area (Å²) in [7, 11) is 0. The fourth-order valence-electron chi connectivity index (χ4n) is 2.25. The molecule has 1 aromatic heterocycles. The number of aromatic nitrogens is 2. The fourth-order valence-corrected chi connectivity index (χ4v) is 2.25. The van der Waals surface area contributed by atoms with Gasteiger partial charge in [-0.25, -0.2) is 0 Å². The molecule has 0 bridgehead atoms. The van der Waals surface area contributed by atoms with Crippen molar-refractivity contribution in [1.82, 2.24) is 10.2 Å². The predicted octanol–water partition coefficient (Wildman–Crippen LogP) is 3.18. The van der Waals surface area contributed by atoms with Crippen LogP contribution in [0.15, 0.2) is 24.4 Å². The van der Waals surface area contributed by atoms with Crippen LogP contribution in [-0.4, -0.2) is 16.7 Å². The molecule has 1 heterocycles. The summed E-state index contributed by atoms with van der Waals surface area (Å²) in [6.45, 7) is 9.47. The van der Waals surface area contributed by atoms with Gasteiger partial charge in [-0.05, 0) is 48.1 Å². The van der Waals surface area contributed by atoms with Crippen LogP contribution in [0.5, 0.6) is 0 Å². The molecule has 0 aliphatic carbocycles. The van der Waals surface area contributed by atoms with Crippen LogP contribution in [0, 0.1) is 6.92 Å². The minimum Gasteiger partial charge on any atom is -0.330 e. The summed E-state index contributed by atoms with van der Waals surface area (Å²) in [5, 5.41) is 7.29. The highest BCUT2D eigenvalue weighted by molar-refractivity contribution is 5.67. The second kappa shape index (κ2) is 5.17. The van der Waals surface area contributed by atoms with Crippen molar-refractivity contribution in [2.75, 3.05) is 6.54 Å². The molecule has 0 aliphatic heterocycles. The Morgan fingerprint density at radius 3 is 2.63 bits per heavy atom. The highest BCUT2D eigenvalue weighted by Gasteiger charge is 2.17. The van der Waals surface area contributed by atoms with Gasteiger partial charge in [-0.2, -0.15) is 5.10 Å². The molecule has 0 unspecified atom stereocenters. The second-order valence-electron chi connectivity index (χ2n) is 6.09. The Kier molecular flexibility index (Phi) is 3.76. The van der Waals surface area contributed by atoms with E-state index in [1.807, 2.05) is 6.20 Å². The Morgan fingerprint density at radius 2 is 2.00 bits per heavy atom. The summed E-state index contributed by atoms with van der Waals surface area (Å²) in [6.07, 6.45) is 2.73. The van der Waals surface area contributed by atoms with Gasteiger partial charge in [0.05, 0.1) is 11.9 Å². The molecular formula is C16H23N3. The van der Waals surface area contributed by atoms with E-state index in [9.17, 15) is 0 Å². The second-order valence-corrected chi connectivity index (χ2v) is 6.09. The predicted molar refractivity (Wildman–Crippen MR) is 80.2 cm³/mol. The molecule has 3 heteroatoms. The van der Waals surface area contributed by atoms with Gasteiger partial charge in [0.2, 0.25) is 0 Å². The molecule has 0 aliphatic rings. The van der Waals surface area contributed by atoms with E-state index in [0.29, 0.717) is 6.54 Å². The van der Waals surface area contributed by atoms with E-state index in [2.05, 4.69) is 56.1 Å². The number of H-pyrrole nitrogens is 1. The molecule has 3 nitrogen and oxygen atoms in total. The molecule has 0 fully saturated rings. The van der Waals surface area contributed by atoms with Crippen molar-refractivity contribution in [3.05, 3.63) is 41.1 Å². The number of nitrogens with zero attached hydrogens (tertiary/aromatic N) is 1. The van der Waals surface area contributed by atoms with Gasteiger partial charge in [0, 0.05) is 5.56 Å². The van der Waals surface area contributed by atoms with E-state index in [0.717, 1.165) is 12.1 Å². The molecule has 19 heavy (non-hydrogen) atoms. The zero-order chi connectivity index (χ0) is 14.0. The minimum atomic E-state index is 0.149. The first-order chi connectivity index (χ1) is 8.93. The van der Waals surface area contributed by atoms with Gasteiger partial charge < -0.3 is 5.73 Å². The molecule has 3 N–H and O–H groups in total. The van der Waals surface area contributed by atoms with E-state index in [1.165, 1.54) is 22.3 Å². The van der Waals surface area contributed by atoms with Crippen molar-refractivity contribution in [2.24, 2.45) is 5.73 Å². The number of benzene rings is 1. The standard InChI is InChI=1S/C16H23N3/c1-11-5-6-13(16(2,3)4)9-14(11)15-12(7-8-17)10-18-19-15/h5-6,9-10H,7-8,17H2,1-4H3,(H,18,19). The average Bonchev–Trinajstić information content (AvgIpc) is 2.77. The Morgan fingerprint density at radius 1 is 1.26 bits per heavy atom. The van der Waals surface area contributed by atoms with Crippen LogP contribution in [0.2, 0.25) is 0 Å². The van der Waals surface area contributed by atoms with E-state index in [-0.39, 0.29) is 5.41 Å². The molecule has 0 spiro atoms. The Labute approximate surface area is 115 Å². The lowest BCUT2D eigenvalue weighted by Crippen LogP contribution is -2.11. The smallest absolute Gasteiger partial charge is 0.0685 e. The van der Waals surface area contributed by atoms with Gasteiger partial charge in [0.25, 0.3) is 0 Å². The number of rotatable bonds is 3. The molecule has 0 amide bonds. The average molecular weight is 257 g/mol. The molecule has 0 saturated carbocycles. The Balaban J connectivity index is 2.52. The SMILES string of the molecule is Cc1ccc(C(C)(C)C)cc1-c1[nH]ncc1CCN. The number of aryl methyl sites for hydroxylation is 1. The third kappa shape index (κ3) is 2.87. The van der Waals surface area contributed by atoms with Crippen molar-refractivity contribution in [2.45, 2.75) is 39.5 Å². The number of hydrogen-bond donors (Lipinski definition) is 2. The lowest BCUT2D eigenvalue weighted by molar-refractivity contribution is 0.590. The van der Waals surface area contributed by atoms with Crippen LogP contribution in [0.4, 0.5) is 0 Å². The largest absolute Gasteiger partial charge is 0.330 e. The van der Waals surface area contributed by atoms with Gasteiger partial charge in [-0.1, -0.05) is 32.9 Å². The van der Waals surface area contributed by atoms with Crippen LogP contribution < -0.4 is 5.73 Å². The summed E-state index contributed by atoms with van der Waals surface area (Å²) in [5.41, 5.74) is 11.9. The minimum absolute atomic E-state index is 0.149. The maximum Gasteiger partial charge on any atom is 0.0685 e. The van der Waals surface area contributed by atoms with Gasteiger partial charge in [-0.3, -0.25) is 5.10 Å². The fraction of sp³-hybridized carbons (Fsp3) is 0.438. The zero-order valence-corrected chi connectivity index (χ0v) is 12.2. The molecule has 0 atom stereocenters. The molecule has 2 rings (SSSR count). The molecule has 102 valence electrons. The Hall–Kier alpha value is -1.61. The number of nitrogens with one attached hydrogen (secondary N) is 1. The monoisotopic (exact) mass is 257 g/mol. The van der Waals surface area contributed by atoms with Crippen molar-refractivity contribution < 1.29 is 0 Å².